The number of hydrogen-bond acceptors (Lipinski definition) is 7. The summed E-state index contributed by atoms with van der Waals surface area (Å²) in [6.45, 7) is 4.95. The molecule has 4 N–H and O–H groups in total. The number of nitrogens with zero attached hydrogens (tertiary/aromatic N) is 1. The number of fused-ring (bicyclic) bond motifs is 1. The Morgan fingerprint density at radius 1 is 1.36 bits per heavy atom. The van der Waals surface area contributed by atoms with Crippen molar-refractivity contribution < 1.29 is 29.3 Å². The van der Waals surface area contributed by atoms with Crippen molar-refractivity contribution >= 4 is 29.7 Å². The van der Waals surface area contributed by atoms with Gasteiger partial charge in [0.2, 0.25) is 17.7 Å². The molecule has 1 unspecified atom stereocenters. The zero-order valence-corrected chi connectivity index (χ0v) is 16.6. The zero-order chi connectivity index (χ0) is 20.2. The quantitative estimate of drug-likeness (QED) is 0.376. The second kappa shape index (κ2) is 7.23. The number of hydrogen-bond donors (Lipinski definition) is 4. The summed E-state index contributed by atoms with van der Waals surface area (Å²) < 4.78 is 5.00. The summed E-state index contributed by atoms with van der Waals surface area (Å²) in [5.41, 5.74) is 0. The van der Waals surface area contributed by atoms with E-state index in [1.807, 2.05) is 6.92 Å². The van der Waals surface area contributed by atoms with Gasteiger partial charge in [-0.1, -0.05) is 6.92 Å². The van der Waals surface area contributed by atoms with E-state index in [0.29, 0.717) is 13.0 Å². The van der Waals surface area contributed by atoms with Crippen LogP contribution in [-0.4, -0.2) is 69.6 Å². The van der Waals surface area contributed by atoms with Gasteiger partial charge in [0.25, 0.3) is 0 Å². The number of β-lactam (4-membered cyclic amide) rings is 1. The van der Waals surface area contributed by atoms with Crippen LogP contribution in [0.3, 0.4) is 0 Å². The van der Waals surface area contributed by atoms with Gasteiger partial charge in [0.1, 0.15) is 0 Å². The molecule has 10 heteroatoms. The molecule has 4 rings (SSSR count). The average Bonchev–Trinajstić information content (AvgIpc) is 3.28. The first-order chi connectivity index (χ1) is 13.3. The number of carbonyl (C=O) groups is 3. The fourth-order valence-corrected chi connectivity index (χ4v) is 6.31. The summed E-state index contributed by atoms with van der Waals surface area (Å²) in [6, 6.07) is -0.0346. The van der Waals surface area contributed by atoms with Crippen LogP contribution in [0.2, 0.25) is 0 Å². The predicted octanol–water partition coefficient (Wildman–Crippen LogP) is 0.307. The van der Waals surface area contributed by atoms with Crippen LogP contribution >= 0.6 is 11.8 Å². The molecule has 0 radical (unpaired) electrons. The van der Waals surface area contributed by atoms with Crippen molar-refractivity contribution in [3.05, 3.63) is 10.8 Å². The Kier molecular flexibility index (Phi) is 5.05. The summed E-state index contributed by atoms with van der Waals surface area (Å²) in [5, 5.41) is 25.6. The fraction of sp³-hybridized carbons (Fsp3) is 0.722. The molecule has 4 heterocycles. The first kappa shape index (κ1) is 19.5. The molecule has 0 spiro atoms. The van der Waals surface area contributed by atoms with Crippen LogP contribution < -0.4 is 10.6 Å². The van der Waals surface area contributed by atoms with Crippen LogP contribution in [0.25, 0.3) is 0 Å². The van der Waals surface area contributed by atoms with Gasteiger partial charge in [0.05, 0.1) is 23.0 Å². The van der Waals surface area contributed by atoms with Crippen molar-refractivity contribution in [2.24, 2.45) is 17.8 Å². The lowest BCUT2D eigenvalue weighted by Crippen LogP contribution is -2.63. The zero-order valence-electron chi connectivity index (χ0n) is 15.8. The Labute approximate surface area is 166 Å². The van der Waals surface area contributed by atoms with E-state index >= 15 is 0 Å². The molecule has 3 fully saturated rings. The van der Waals surface area contributed by atoms with E-state index in [-0.39, 0.29) is 46.9 Å². The highest BCUT2D eigenvalue weighted by molar-refractivity contribution is 8.03. The van der Waals surface area contributed by atoms with Crippen LogP contribution in [0, 0.1) is 17.8 Å². The van der Waals surface area contributed by atoms with E-state index in [4.69, 9.17) is 9.84 Å². The Hall–Kier alpha value is -1.78. The second-order valence-corrected chi connectivity index (χ2v) is 9.39. The molecule has 4 aliphatic rings. The van der Waals surface area contributed by atoms with E-state index in [1.54, 1.807) is 18.7 Å². The molecule has 3 saturated heterocycles. The molecule has 0 bridgehead atoms. The number of aliphatic hydroxyl groups is 1. The van der Waals surface area contributed by atoms with Crippen molar-refractivity contribution in [2.45, 2.75) is 50.1 Å². The monoisotopic (exact) mass is 411 g/mol. The molecular formula is C18H25N3O6S. The molecule has 154 valence electrons. The minimum absolute atomic E-state index is 0.0826. The maximum atomic E-state index is 12.5. The van der Waals surface area contributed by atoms with Crippen LogP contribution in [0.4, 0.5) is 4.79 Å². The molecule has 0 aliphatic carbocycles. The van der Waals surface area contributed by atoms with Gasteiger partial charge in [-0.05, 0) is 13.3 Å². The number of ether oxygens (including phenoxy) is 1. The van der Waals surface area contributed by atoms with E-state index < -0.39 is 18.2 Å². The average molecular weight is 411 g/mol. The third-order valence-electron chi connectivity index (χ3n) is 6.24. The van der Waals surface area contributed by atoms with Crippen LogP contribution in [-0.2, 0) is 14.3 Å². The Balaban J connectivity index is 1.49. The predicted molar refractivity (Wildman–Crippen MR) is 100 cm³/mol. The largest absolute Gasteiger partial charge is 0.512 e. The highest BCUT2D eigenvalue weighted by atomic mass is 32.2. The maximum Gasteiger partial charge on any atom is 0.512 e. The highest BCUT2D eigenvalue weighted by Gasteiger charge is 2.60. The normalized spacial score (nSPS) is 38.3. The molecule has 9 nitrogen and oxygen atoms in total. The van der Waals surface area contributed by atoms with Gasteiger partial charge in [-0.15, -0.1) is 11.8 Å². The summed E-state index contributed by atoms with van der Waals surface area (Å²) in [6.07, 6.45) is -0.856. The molecular weight excluding hydrogens is 386 g/mol. The SMILES string of the molecule is C[C@@H](O)[C@H]1C(=O)N2C(OC(=O)O)=C(S[C@@H]3CN[C@H](C4CNC(=O)C4)C3)[C@H](C)[C@H]12. The Bertz CT molecular complexity index is 741. The summed E-state index contributed by atoms with van der Waals surface area (Å²) in [7, 11) is 0. The third kappa shape index (κ3) is 3.17. The van der Waals surface area contributed by atoms with Crippen LogP contribution in [0.1, 0.15) is 26.7 Å². The van der Waals surface area contributed by atoms with E-state index in [2.05, 4.69) is 10.6 Å². The van der Waals surface area contributed by atoms with Gasteiger partial charge in [-0.25, -0.2) is 4.79 Å². The van der Waals surface area contributed by atoms with Gasteiger partial charge in [0.15, 0.2) is 0 Å². The van der Waals surface area contributed by atoms with Crippen LogP contribution in [0.15, 0.2) is 10.8 Å². The van der Waals surface area contributed by atoms with Crippen molar-refractivity contribution in [2.75, 3.05) is 13.1 Å². The highest BCUT2D eigenvalue weighted by Crippen LogP contribution is 2.52. The van der Waals surface area contributed by atoms with E-state index in [1.165, 1.54) is 4.90 Å². The second-order valence-electron chi connectivity index (χ2n) is 8.05. The number of rotatable bonds is 5. The minimum atomic E-state index is -1.45. The Morgan fingerprint density at radius 3 is 2.71 bits per heavy atom. The first-order valence-corrected chi connectivity index (χ1v) is 10.5. The van der Waals surface area contributed by atoms with Crippen molar-refractivity contribution in [3.63, 3.8) is 0 Å². The lowest BCUT2D eigenvalue weighted by atomic mass is 9.79. The Morgan fingerprint density at radius 2 is 2.11 bits per heavy atom. The van der Waals surface area contributed by atoms with E-state index in [0.717, 1.165) is 17.9 Å². The molecule has 7 atom stereocenters. The molecule has 0 saturated carbocycles. The molecule has 2 amide bonds. The molecule has 28 heavy (non-hydrogen) atoms. The maximum absolute atomic E-state index is 12.5. The van der Waals surface area contributed by atoms with Gasteiger partial charge in [-0.2, -0.15) is 0 Å². The summed E-state index contributed by atoms with van der Waals surface area (Å²) in [5.74, 6) is -0.492. The smallest absolute Gasteiger partial charge is 0.449 e. The van der Waals surface area contributed by atoms with Crippen LogP contribution in [0.5, 0.6) is 0 Å². The fourth-order valence-electron chi connectivity index (χ4n) is 4.88. The molecule has 0 aromatic rings. The molecule has 0 aromatic carbocycles. The molecule has 0 aromatic heterocycles. The van der Waals surface area contributed by atoms with Crippen molar-refractivity contribution in [1.82, 2.24) is 15.5 Å². The van der Waals surface area contributed by atoms with Gasteiger partial charge < -0.3 is 25.6 Å². The topological polar surface area (TPSA) is 128 Å². The number of amides is 2. The van der Waals surface area contributed by atoms with Gasteiger partial charge in [0, 0.05) is 42.6 Å². The van der Waals surface area contributed by atoms with Crippen molar-refractivity contribution in [3.8, 4) is 0 Å². The first-order valence-electron chi connectivity index (χ1n) is 9.60. The molecule has 4 aliphatic heterocycles. The third-order valence-corrected chi connectivity index (χ3v) is 7.74. The minimum Gasteiger partial charge on any atom is -0.449 e. The number of thioether (sulfide) groups is 1. The lowest BCUT2D eigenvalue weighted by Gasteiger charge is -2.45. The summed E-state index contributed by atoms with van der Waals surface area (Å²) in [4.78, 5) is 37.3. The standard InChI is InChI=1S/C18H25N3O6S/c1-7-14-13(8(2)22)16(24)21(14)17(27-18(25)26)15(7)28-10-4-11(19-6-10)9-3-12(23)20-5-9/h7-11,13-14,19,22H,3-6H2,1-2H3,(H,20,23)(H,25,26)/t7-,8-,9?,10+,11+,13-,14-/m1/s1. The van der Waals surface area contributed by atoms with E-state index in [9.17, 15) is 19.5 Å². The van der Waals surface area contributed by atoms with Gasteiger partial charge in [-0.3, -0.25) is 14.5 Å². The summed E-state index contributed by atoms with van der Waals surface area (Å²) >= 11 is 1.55. The van der Waals surface area contributed by atoms with Gasteiger partial charge >= 0.3 is 6.16 Å². The number of aliphatic hydroxyl groups excluding tert-OH is 1. The lowest BCUT2D eigenvalue weighted by molar-refractivity contribution is -0.163. The number of carboxylic acid groups (broad SMARTS) is 1. The van der Waals surface area contributed by atoms with Crippen molar-refractivity contribution in [1.29, 1.82) is 0 Å². The number of carbonyl (C=O) groups excluding carboxylic acids is 2. The number of nitrogens with one attached hydrogen (secondary N) is 2.